The number of benzene rings is 2. The maximum Gasteiger partial charge on any atom is 0.270 e. The van der Waals surface area contributed by atoms with Crippen LogP contribution in [0.1, 0.15) is 11.1 Å². The van der Waals surface area contributed by atoms with Crippen LogP contribution in [0.2, 0.25) is 5.15 Å². The zero-order valence-electron chi connectivity index (χ0n) is 14.9. The summed E-state index contributed by atoms with van der Waals surface area (Å²) < 4.78 is 0. The Hall–Kier alpha value is -4.02. The van der Waals surface area contributed by atoms with Gasteiger partial charge in [-0.15, -0.1) is 0 Å². The van der Waals surface area contributed by atoms with Crippen LogP contribution in [-0.2, 0) is 0 Å². The molecule has 0 saturated carbocycles. The molecule has 0 atom stereocenters. The Morgan fingerprint density at radius 2 is 1.93 bits per heavy atom. The van der Waals surface area contributed by atoms with E-state index >= 15 is 0 Å². The summed E-state index contributed by atoms with van der Waals surface area (Å²) in [5.74, 6) is 0.137. The van der Waals surface area contributed by atoms with Crippen LogP contribution in [0.4, 0.5) is 5.95 Å². The molecule has 0 unspecified atom stereocenters. The Balaban J connectivity index is 1.61. The first-order chi connectivity index (χ1) is 14.1. The van der Waals surface area contributed by atoms with Crippen molar-refractivity contribution in [2.24, 2.45) is 5.10 Å². The second-order valence-corrected chi connectivity index (χ2v) is 6.46. The lowest BCUT2D eigenvalue weighted by molar-refractivity contribution is 1.08. The van der Waals surface area contributed by atoms with Crippen molar-refractivity contribution in [1.29, 1.82) is 5.26 Å². The number of anilines is 1. The normalized spacial score (nSPS) is 10.9. The third-order valence-corrected chi connectivity index (χ3v) is 4.35. The SMILES string of the molecule is N#Cc1c(-c2ccccc2)nc(NN=Cc2ccc3nc(Cl)ccc3c2)[nH]c1=O. The van der Waals surface area contributed by atoms with Crippen molar-refractivity contribution in [2.45, 2.75) is 0 Å². The summed E-state index contributed by atoms with van der Waals surface area (Å²) in [6.07, 6.45) is 1.59. The third-order valence-electron chi connectivity index (χ3n) is 4.14. The van der Waals surface area contributed by atoms with Crippen molar-refractivity contribution >= 4 is 34.7 Å². The number of nitrogens with one attached hydrogen (secondary N) is 2. The summed E-state index contributed by atoms with van der Waals surface area (Å²) >= 11 is 5.90. The number of nitrogens with zero attached hydrogens (tertiary/aromatic N) is 4. The minimum Gasteiger partial charge on any atom is -0.290 e. The predicted molar refractivity (Wildman–Crippen MR) is 113 cm³/mol. The molecule has 0 radical (unpaired) electrons. The summed E-state index contributed by atoms with van der Waals surface area (Å²) in [4.78, 5) is 23.3. The molecule has 0 amide bonds. The average Bonchev–Trinajstić information content (AvgIpc) is 2.74. The van der Waals surface area contributed by atoms with Crippen LogP contribution in [0.25, 0.3) is 22.2 Å². The van der Waals surface area contributed by atoms with Gasteiger partial charge in [0, 0.05) is 10.9 Å². The van der Waals surface area contributed by atoms with Gasteiger partial charge in [0.15, 0.2) is 0 Å². The van der Waals surface area contributed by atoms with Gasteiger partial charge in [0.1, 0.15) is 16.8 Å². The summed E-state index contributed by atoms with van der Waals surface area (Å²) in [6, 6.07) is 20.1. The van der Waals surface area contributed by atoms with E-state index in [0.717, 1.165) is 16.5 Å². The molecule has 2 heterocycles. The van der Waals surface area contributed by atoms with Crippen molar-refractivity contribution in [3.63, 3.8) is 0 Å². The van der Waals surface area contributed by atoms with E-state index in [1.54, 1.807) is 24.4 Å². The lowest BCUT2D eigenvalue weighted by atomic mass is 10.1. The van der Waals surface area contributed by atoms with Crippen LogP contribution in [-0.4, -0.2) is 21.2 Å². The molecule has 4 rings (SSSR count). The first-order valence-electron chi connectivity index (χ1n) is 8.59. The van der Waals surface area contributed by atoms with Crippen LogP contribution in [0.15, 0.2) is 70.6 Å². The van der Waals surface area contributed by atoms with Gasteiger partial charge >= 0.3 is 0 Å². The lowest BCUT2D eigenvalue weighted by Crippen LogP contribution is -2.16. The Bertz CT molecular complexity index is 1320. The van der Waals surface area contributed by atoms with Crippen LogP contribution in [0, 0.1) is 11.3 Å². The van der Waals surface area contributed by atoms with Gasteiger partial charge in [0.2, 0.25) is 5.95 Å². The van der Waals surface area contributed by atoms with Crippen LogP contribution >= 0.6 is 11.6 Å². The van der Waals surface area contributed by atoms with Crippen molar-refractivity contribution in [3.8, 4) is 17.3 Å². The second kappa shape index (κ2) is 7.92. The molecule has 4 aromatic rings. The number of hydrazone groups is 1. The molecule has 2 aromatic heterocycles. The molecule has 29 heavy (non-hydrogen) atoms. The number of halogens is 1. The molecule has 0 saturated heterocycles. The first kappa shape index (κ1) is 18.3. The summed E-state index contributed by atoms with van der Waals surface area (Å²) in [5, 5.41) is 14.8. The maximum atomic E-state index is 12.2. The molecular formula is C21H13ClN6O. The fourth-order valence-corrected chi connectivity index (χ4v) is 2.96. The monoisotopic (exact) mass is 400 g/mol. The number of aromatic nitrogens is 3. The summed E-state index contributed by atoms with van der Waals surface area (Å²) in [7, 11) is 0. The highest BCUT2D eigenvalue weighted by molar-refractivity contribution is 6.29. The summed E-state index contributed by atoms with van der Waals surface area (Å²) in [5.41, 5.74) is 4.70. The molecule has 0 aliphatic rings. The smallest absolute Gasteiger partial charge is 0.270 e. The molecule has 0 fully saturated rings. The van der Waals surface area contributed by atoms with E-state index in [2.05, 4.69) is 25.5 Å². The van der Waals surface area contributed by atoms with Gasteiger partial charge in [-0.3, -0.25) is 9.78 Å². The quantitative estimate of drug-likeness (QED) is 0.306. The molecule has 0 bridgehead atoms. The Morgan fingerprint density at radius 3 is 2.72 bits per heavy atom. The molecule has 7 nitrogen and oxygen atoms in total. The van der Waals surface area contributed by atoms with E-state index in [1.807, 2.05) is 48.5 Å². The molecule has 0 spiro atoms. The van der Waals surface area contributed by atoms with Crippen LogP contribution in [0.5, 0.6) is 0 Å². The first-order valence-corrected chi connectivity index (χ1v) is 8.97. The largest absolute Gasteiger partial charge is 0.290 e. The van der Waals surface area contributed by atoms with Gasteiger partial charge in [0.25, 0.3) is 5.56 Å². The standard InChI is InChI=1S/C21H13ClN6O/c22-18-9-7-15-10-13(6-8-17(15)25-18)12-24-28-21-26-19(14-4-2-1-3-5-14)16(11-23)20(29)27-21/h1-10,12H,(H2,26,27,28,29). The number of H-pyrrole nitrogens is 1. The topological polar surface area (TPSA) is 107 Å². The van der Waals surface area contributed by atoms with Crippen LogP contribution < -0.4 is 11.0 Å². The zero-order chi connectivity index (χ0) is 20.2. The van der Waals surface area contributed by atoms with Crippen molar-refractivity contribution < 1.29 is 0 Å². The molecule has 2 N–H and O–H groups in total. The number of hydrogen-bond acceptors (Lipinski definition) is 6. The van der Waals surface area contributed by atoms with Gasteiger partial charge in [0.05, 0.1) is 17.4 Å². The fraction of sp³-hybridized carbons (Fsp3) is 0. The maximum absolute atomic E-state index is 12.2. The molecule has 0 aliphatic heterocycles. The van der Waals surface area contributed by atoms with Crippen molar-refractivity contribution in [1.82, 2.24) is 15.0 Å². The van der Waals surface area contributed by atoms with Gasteiger partial charge in [-0.05, 0) is 29.8 Å². The molecule has 0 aliphatic carbocycles. The highest BCUT2D eigenvalue weighted by Gasteiger charge is 2.12. The van der Waals surface area contributed by atoms with Gasteiger partial charge < -0.3 is 0 Å². The molecule has 8 heteroatoms. The number of aromatic amines is 1. The zero-order valence-corrected chi connectivity index (χ0v) is 15.7. The average molecular weight is 401 g/mol. The summed E-state index contributed by atoms with van der Waals surface area (Å²) in [6.45, 7) is 0. The number of pyridine rings is 1. The van der Waals surface area contributed by atoms with Gasteiger partial charge in [-0.2, -0.15) is 10.4 Å². The molecular weight excluding hydrogens is 388 g/mol. The lowest BCUT2D eigenvalue weighted by Gasteiger charge is -2.06. The second-order valence-electron chi connectivity index (χ2n) is 6.07. The van der Waals surface area contributed by atoms with Crippen LogP contribution in [0.3, 0.4) is 0 Å². The number of fused-ring (bicyclic) bond motifs is 1. The van der Waals surface area contributed by atoms with E-state index in [9.17, 15) is 10.1 Å². The number of nitriles is 1. The predicted octanol–water partition coefficient (Wildman–Crippen LogP) is 3.96. The minimum absolute atomic E-state index is 0.0496. The highest BCUT2D eigenvalue weighted by atomic mass is 35.5. The molecule has 140 valence electrons. The number of hydrogen-bond donors (Lipinski definition) is 2. The van der Waals surface area contributed by atoms with E-state index < -0.39 is 5.56 Å². The van der Waals surface area contributed by atoms with E-state index in [0.29, 0.717) is 16.4 Å². The van der Waals surface area contributed by atoms with Crippen molar-refractivity contribution in [3.05, 3.63) is 87.3 Å². The van der Waals surface area contributed by atoms with E-state index in [-0.39, 0.29) is 11.5 Å². The Labute approximate surface area is 170 Å². The van der Waals surface area contributed by atoms with Gasteiger partial charge in [-0.1, -0.05) is 48.0 Å². The Kier molecular flexibility index (Phi) is 5.01. The van der Waals surface area contributed by atoms with Gasteiger partial charge in [-0.25, -0.2) is 15.4 Å². The Morgan fingerprint density at radius 1 is 1.10 bits per heavy atom. The van der Waals surface area contributed by atoms with E-state index in [4.69, 9.17) is 11.6 Å². The fourth-order valence-electron chi connectivity index (χ4n) is 2.80. The molecule has 2 aromatic carbocycles. The van der Waals surface area contributed by atoms with Crippen molar-refractivity contribution in [2.75, 3.05) is 5.43 Å². The van der Waals surface area contributed by atoms with E-state index in [1.165, 1.54) is 0 Å². The highest BCUT2D eigenvalue weighted by Crippen LogP contribution is 2.19. The third kappa shape index (κ3) is 3.98. The minimum atomic E-state index is -0.535. The number of rotatable bonds is 4.